The molecule has 0 saturated heterocycles. The third-order valence-corrected chi connectivity index (χ3v) is 4.72. The summed E-state index contributed by atoms with van der Waals surface area (Å²) < 4.78 is 3.91. The number of rotatable bonds is 6. The molecule has 2 heterocycles. The standard InChI is InChI=1S/C20H27N7.HI/c1-15-19(16(2)27(25-15)14-17-8-6-5-7-9-17)13-23-20(21-3)22-12-18-10-11-24-26(18)4;/h5-11H,12-14H2,1-4H3,(H2,21,22,23);1H. The minimum atomic E-state index is 0. The molecule has 0 amide bonds. The van der Waals surface area contributed by atoms with E-state index in [2.05, 4.69) is 63.5 Å². The fourth-order valence-corrected chi connectivity index (χ4v) is 3.04. The monoisotopic (exact) mass is 493 g/mol. The molecule has 0 atom stereocenters. The third kappa shape index (κ3) is 5.34. The van der Waals surface area contributed by atoms with Crippen molar-refractivity contribution in [2.45, 2.75) is 33.5 Å². The van der Waals surface area contributed by atoms with Crippen molar-refractivity contribution in [2.75, 3.05) is 7.05 Å². The van der Waals surface area contributed by atoms with E-state index in [1.54, 1.807) is 13.2 Å². The highest BCUT2D eigenvalue weighted by atomic mass is 127. The van der Waals surface area contributed by atoms with Gasteiger partial charge >= 0.3 is 0 Å². The van der Waals surface area contributed by atoms with E-state index in [9.17, 15) is 0 Å². The molecule has 7 nitrogen and oxygen atoms in total. The molecule has 0 radical (unpaired) electrons. The Morgan fingerprint density at radius 3 is 2.43 bits per heavy atom. The van der Waals surface area contributed by atoms with Gasteiger partial charge in [-0.2, -0.15) is 10.2 Å². The average Bonchev–Trinajstić information content (AvgIpc) is 3.20. The number of nitrogens with one attached hydrogen (secondary N) is 2. The second kappa shape index (κ2) is 10.3. The van der Waals surface area contributed by atoms with E-state index in [0.717, 1.165) is 23.9 Å². The Balaban J connectivity index is 0.00000280. The number of halogens is 1. The van der Waals surface area contributed by atoms with Crippen molar-refractivity contribution in [3.05, 3.63) is 70.8 Å². The molecule has 3 aromatic rings. The Morgan fingerprint density at radius 2 is 1.79 bits per heavy atom. The Hall–Kier alpha value is -2.36. The molecule has 0 aliphatic carbocycles. The van der Waals surface area contributed by atoms with Crippen LogP contribution in [0.4, 0.5) is 0 Å². The summed E-state index contributed by atoms with van der Waals surface area (Å²) in [5, 5.41) is 15.6. The molecule has 0 unspecified atom stereocenters. The predicted octanol–water partition coefficient (Wildman–Crippen LogP) is 2.76. The SMILES string of the molecule is CN=C(NCc1c(C)nn(Cc2ccccc2)c1C)NCc1ccnn1C.I. The maximum atomic E-state index is 4.71. The average molecular weight is 493 g/mol. The Bertz CT molecular complexity index is 912. The molecule has 28 heavy (non-hydrogen) atoms. The highest BCUT2D eigenvalue weighted by molar-refractivity contribution is 14.0. The number of aliphatic imine (C=N–C) groups is 1. The summed E-state index contributed by atoms with van der Waals surface area (Å²) in [6.07, 6.45) is 1.79. The highest BCUT2D eigenvalue weighted by Crippen LogP contribution is 2.14. The lowest BCUT2D eigenvalue weighted by Gasteiger charge is -2.12. The van der Waals surface area contributed by atoms with Gasteiger partial charge in [-0.15, -0.1) is 24.0 Å². The minimum Gasteiger partial charge on any atom is -0.352 e. The molecule has 3 rings (SSSR count). The number of hydrogen-bond donors (Lipinski definition) is 2. The van der Waals surface area contributed by atoms with Gasteiger partial charge in [0.15, 0.2) is 5.96 Å². The van der Waals surface area contributed by atoms with Gasteiger partial charge in [-0.05, 0) is 25.5 Å². The Morgan fingerprint density at radius 1 is 1.07 bits per heavy atom. The molecule has 0 bridgehead atoms. The number of aromatic nitrogens is 4. The zero-order valence-electron chi connectivity index (χ0n) is 16.8. The molecule has 0 saturated carbocycles. The predicted molar refractivity (Wildman–Crippen MR) is 123 cm³/mol. The lowest BCUT2D eigenvalue weighted by atomic mass is 10.2. The van der Waals surface area contributed by atoms with E-state index in [0.29, 0.717) is 13.1 Å². The van der Waals surface area contributed by atoms with Crippen molar-refractivity contribution in [1.82, 2.24) is 30.2 Å². The number of hydrogen-bond acceptors (Lipinski definition) is 3. The third-order valence-electron chi connectivity index (χ3n) is 4.72. The van der Waals surface area contributed by atoms with Gasteiger partial charge in [-0.1, -0.05) is 30.3 Å². The Kier molecular flexibility index (Phi) is 8.04. The molecule has 1 aromatic carbocycles. The zero-order chi connectivity index (χ0) is 19.2. The van der Waals surface area contributed by atoms with E-state index in [-0.39, 0.29) is 24.0 Å². The van der Waals surface area contributed by atoms with Crippen LogP contribution in [0.15, 0.2) is 47.6 Å². The van der Waals surface area contributed by atoms with Crippen LogP contribution in [0.3, 0.4) is 0 Å². The summed E-state index contributed by atoms with van der Waals surface area (Å²) in [7, 11) is 3.71. The fraction of sp³-hybridized carbons (Fsp3) is 0.350. The van der Waals surface area contributed by atoms with Gasteiger partial charge in [-0.3, -0.25) is 14.4 Å². The van der Waals surface area contributed by atoms with Crippen molar-refractivity contribution in [3.8, 4) is 0 Å². The van der Waals surface area contributed by atoms with Gasteiger partial charge in [0.05, 0.1) is 24.5 Å². The quantitative estimate of drug-likeness (QED) is 0.315. The number of aryl methyl sites for hydroxylation is 2. The Labute approximate surface area is 183 Å². The van der Waals surface area contributed by atoms with Crippen LogP contribution in [0.2, 0.25) is 0 Å². The topological polar surface area (TPSA) is 72.1 Å². The van der Waals surface area contributed by atoms with E-state index in [1.807, 2.05) is 23.9 Å². The first kappa shape index (κ1) is 21.9. The van der Waals surface area contributed by atoms with Crippen LogP contribution in [0.5, 0.6) is 0 Å². The first-order valence-corrected chi connectivity index (χ1v) is 9.06. The summed E-state index contributed by atoms with van der Waals surface area (Å²) in [5.41, 5.74) is 5.76. The van der Waals surface area contributed by atoms with E-state index in [1.165, 1.54) is 16.8 Å². The first-order chi connectivity index (χ1) is 13.1. The molecule has 8 heteroatoms. The second-order valence-corrected chi connectivity index (χ2v) is 6.52. The van der Waals surface area contributed by atoms with Crippen molar-refractivity contribution in [2.24, 2.45) is 12.0 Å². The van der Waals surface area contributed by atoms with Crippen molar-refractivity contribution < 1.29 is 0 Å². The van der Waals surface area contributed by atoms with E-state index >= 15 is 0 Å². The molecule has 0 aliphatic heterocycles. The van der Waals surface area contributed by atoms with Crippen LogP contribution in [-0.2, 0) is 26.7 Å². The number of benzene rings is 1. The molecule has 0 fully saturated rings. The van der Waals surface area contributed by atoms with Gasteiger partial charge in [0.2, 0.25) is 0 Å². The molecule has 2 N–H and O–H groups in total. The van der Waals surface area contributed by atoms with Crippen molar-refractivity contribution >= 4 is 29.9 Å². The van der Waals surface area contributed by atoms with Crippen LogP contribution in [0.1, 0.15) is 28.2 Å². The maximum absolute atomic E-state index is 4.71. The number of nitrogens with zero attached hydrogens (tertiary/aromatic N) is 5. The van der Waals surface area contributed by atoms with Crippen molar-refractivity contribution in [3.63, 3.8) is 0 Å². The summed E-state index contributed by atoms with van der Waals surface area (Å²) in [6, 6.07) is 12.4. The van der Waals surface area contributed by atoms with Gasteiger partial charge in [0, 0.05) is 38.1 Å². The molecule has 2 aromatic heterocycles. The summed E-state index contributed by atoms with van der Waals surface area (Å²) in [4.78, 5) is 4.30. The largest absolute Gasteiger partial charge is 0.352 e. The molecule has 0 aliphatic rings. The highest BCUT2D eigenvalue weighted by Gasteiger charge is 2.12. The van der Waals surface area contributed by atoms with Crippen LogP contribution < -0.4 is 10.6 Å². The van der Waals surface area contributed by atoms with Crippen LogP contribution in [-0.4, -0.2) is 32.6 Å². The van der Waals surface area contributed by atoms with Crippen molar-refractivity contribution in [1.29, 1.82) is 0 Å². The first-order valence-electron chi connectivity index (χ1n) is 9.06. The summed E-state index contributed by atoms with van der Waals surface area (Å²) in [6.45, 7) is 6.29. The number of guanidine groups is 1. The van der Waals surface area contributed by atoms with E-state index in [4.69, 9.17) is 5.10 Å². The zero-order valence-corrected chi connectivity index (χ0v) is 19.1. The summed E-state index contributed by atoms with van der Waals surface area (Å²) >= 11 is 0. The fourth-order valence-electron chi connectivity index (χ4n) is 3.04. The lowest BCUT2D eigenvalue weighted by Crippen LogP contribution is -2.37. The minimum absolute atomic E-state index is 0. The smallest absolute Gasteiger partial charge is 0.191 e. The molecular formula is C20H28IN7. The van der Waals surface area contributed by atoms with Gasteiger partial charge < -0.3 is 10.6 Å². The summed E-state index contributed by atoms with van der Waals surface area (Å²) in [5.74, 6) is 0.755. The van der Waals surface area contributed by atoms with Gasteiger partial charge in [-0.25, -0.2) is 0 Å². The van der Waals surface area contributed by atoms with E-state index < -0.39 is 0 Å². The van der Waals surface area contributed by atoms with Crippen LogP contribution in [0, 0.1) is 13.8 Å². The normalized spacial score (nSPS) is 11.2. The molecule has 150 valence electrons. The second-order valence-electron chi connectivity index (χ2n) is 6.52. The van der Waals surface area contributed by atoms with Gasteiger partial charge in [0.1, 0.15) is 0 Å². The van der Waals surface area contributed by atoms with Crippen LogP contribution >= 0.6 is 24.0 Å². The molecular weight excluding hydrogens is 465 g/mol. The maximum Gasteiger partial charge on any atom is 0.191 e. The lowest BCUT2D eigenvalue weighted by molar-refractivity contribution is 0.657. The van der Waals surface area contributed by atoms with Gasteiger partial charge in [0.25, 0.3) is 0 Å². The van der Waals surface area contributed by atoms with Crippen LogP contribution in [0.25, 0.3) is 0 Å². The molecule has 0 spiro atoms.